The first-order valence-electron chi connectivity index (χ1n) is 4.80. The largest absolute Gasteiger partial charge is 0.480 e. The molecule has 76 valence electrons. The van der Waals surface area contributed by atoms with Crippen molar-refractivity contribution in [1.29, 1.82) is 0 Å². The van der Waals surface area contributed by atoms with Crippen LogP contribution in [-0.4, -0.2) is 4.11 Å². The van der Waals surface area contributed by atoms with Crippen molar-refractivity contribution in [3.8, 4) is 5.75 Å². The van der Waals surface area contributed by atoms with Crippen molar-refractivity contribution < 1.29 is 4.74 Å². The molecule has 0 aromatic heterocycles. The van der Waals surface area contributed by atoms with Crippen molar-refractivity contribution in [2.45, 2.75) is 24.4 Å². The van der Waals surface area contributed by atoms with Crippen LogP contribution >= 0.6 is 22.6 Å². The van der Waals surface area contributed by atoms with E-state index < -0.39 is 0 Å². The van der Waals surface area contributed by atoms with Crippen LogP contribution in [0.15, 0.2) is 30.3 Å². The summed E-state index contributed by atoms with van der Waals surface area (Å²) in [5.41, 5.74) is 1.14. The van der Waals surface area contributed by atoms with Gasteiger partial charge in [0.2, 0.25) is 0 Å². The Kier molecular flexibility index (Phi) is 5.01. The van der Waals surface area contributed by atoms with Crippen molar-refractivity contribution >= 4 is 28.7 Å². The number of hydrogen-bond acceptors (Lipinski definition) is 1. The summed E-state index contributed by atoms with van der Waals surface area (Å²) in [4.78, 5) is 0. The third-order valence-electron chi connectivity index (χ3n) is 1.84. The number of rotatable bonds is 4. The molecule has 14 heavy (non-hydrogen) atoms. The fourth-order valence-electron chi connectivity index (χ4n) is 1.13. The lowest BCUT2D eigenvalue weighted by Crippen LogP contribution is -2.06. The van der Waals surface area contributed by atoms with Crippen LogP contribution in [0.4, 0.5) is 0 Å². The van der Waals surface area contributed by atoms with E-state index >= 15 is 0 Å². The standard InChI is InChI=1S/C12H15IO/c1-3-7-10-8-5-6-9-11(10)14-12(13)4-2/h3,5-9,12H,4H2,1-2H3. The summed E-state index contributed by atoms with van der Waals surface area (Å²) in [6.07, 6.45) is 5.11. The lowest BCUT2D eigenvalue weighted by atomic mass is 10.2. The number of hydrogen-bond donors (Lipinski definition) is 0. The first-order valence-corrected chi connectivity index (χ1v) is 6.05. The summed E-state index contributed by atoms with van der Waals surface area (Å²) < 4.78 is 6.03. The second-order valence-electron chi connectivity index (χ2n) is 2.97. The average Bonchev–Trinajstić information content (AvgIpc) is 2.21. The predicted molar refractivity (Wildman–Crippen MR) is 69.9 cm³/mol. The van der Waals surface area contributed by atoms with E-state index in [0.29, 0.717) is 0 Å². The van der Waals surface area contributed by atoms with Crippen LogP contribution in [0.5, 0.6) is 5.75 Å². The predicted octanol–water partition coefficient (Wildman–Crippen LogP) is 4.27. The first-order chi connectivity index (χ1) is 6.77. The maximum Gasteiger partial charge on any atom is 0.149 e. The molecule has 1 nitrogen and oxygen atoms in total. The van der Waals surface area contributed by atoms with Gasteiger partial charge in [-0.25, -0.2) is 0 Å². The summed E-state index contributed by atoms with van der Waals surface area (Å²) in [7, 11) is 0. The lowest BCUT2D eigenvalue weighted by molar-refractivity contribution is 0.298. The minimum absolute atomic E-state index is 0.249. The Morgan fingerprint density at radius 3 is 2.79 bits per heavy atom. The van der Waals surface area contributed by atoms with Gasteiger partial charge in [-0.2, -0.15) is 0 Å². The van der Waals surface area contributed by atoms with E-state index in [1.54, 1.807) is 0 Å². The third kappa shape index (κ3) is 3.33. The second kappa shape index (κ2) is 6.06. The highest BCUT2D eigenvalue weighted by atomic mass is 127. The van der Waals surface area contributed by atoms with Gasteiger partial charge in [0.1, 0.15) is 9.86 Å². The number of benzene rings is 1. The van der Waals surface area contributed by atoms with E-state index in [1.807, 2.05) is 31.2 Å². The molecule has 0 N–H and O–H groups in total. The van der Waals surface area contributed by atoms with Crippen LogP contribution in [0.2, 0.25) is 0 Å². The number of halogens is 1. The zero-order chi connectivity index (χ0) is 10.4. The van der Waals surface area contributed by atoms with Crippen LogP contribution in [0, 0.1) is 0 Å². The highest BCUT2D eigenvalue weighted by Gasteiger charge is 2.04. The molecule has 1 rings (SSSR count). The van der Waals surface area contributed by atoms with Crippen LogP contribution in [0.25, 0.3) is 6.08 Å². The molecule has 0 aliphatic carbocycles. The summed E-state index contributed by atoms with van der Waals surface area (Å²) >= 11 is 2.31. The Balaban J connectivity index is 2.84. The van der Waals surface area contributed by atoms with Crippen molar-refractivity contribution in [3.63, 3.8) is 0 Å². The summed E-state index contributed by atoms with van der Waals surface area (Å²) in [5.74, 6) is 0.965. The summed E-state index contributed by atoms with van der Waals surface area (Å²) in [5, 5.41) is 0. The number of alkyl halides is 1. The molecule has 2 heteroatoms. The zero-order valence-corrected chi connectivity index (χ0v) is 10.7. The topological polar surface area (TPSA) is 9.23 Å². The van der Waals surface area contributed by atoms with E-state index in [4.69, 9.17) is 4.74 Å². The second-order valence-corrected chi connectivity index (χ2v) is 4.36. The van der Waals surface area contributed by atoms with Gasteiger partial charge >= 0.3 is 0 Å². The Morgan fingerprint density at radius 2 is 2.14 bits per heavy atom. The molecule has 0 aliphatic rings. The van der Waals surface area contributed by atoms with Crippen LogP contribution in [0.1, 0.15) is 25.8 Å². The zero-order valence-electron chi connectivity index (χ0n) is 8.53. The molecule has 1 aromatic rings. The lowest BCUT2D eigenvalue weighted by Gasteiger charge is -2.12. The Labute approximate surface area is 99.3 Å². The molecular weight excluding hydrogens is 287 g/mol. The van der Waals surface area contributed by atoms with E-state index in [-0.39, 0.29) is 4.11 Å². The first kappa shape index (κ1) is 11.6. The Hall–Kier alpha value is -0.510. The minimum Gasteiger partial charge on any atom is -0.480 e. The van der Waals surface area contributed by atoms with Gasteiger partial charge in [0, 0.05) is 5.56 Å². The molecule has 1 unspecified atom stereocenters. The summed E-state index contributed by atoms with van der Waals surface area (Å²) in [6.45, 7) is 4.13. The number of allylic oxidation sites excluding steroid dienone is 1. The maximum absolute atomic E-state index is 5.78. The molecule has 1 aromatic carbocycles. The van der Waals surface area contributed by atoms with Gasteiger partial charge in [-0.1, -0.05) is 37.3 Å². The van der Waals surface area contributed by atoms with Crippen LogP contribution in [0.3, 0.4) is 0 Å². The molecule has 0 bridgehead atoms. The smallest absolute Gasteiger partial charge is 0.149 e. The molecule has 1 atom stereocenters. The van der Waals surface area contributed by atoms with E-state index in [1.165, 1.54) is 0 Å². The van der Waals surface area contributed by atoms with Gasteiger partial charge in [0.05, 0.1) is 0 Å². The van der Waals surface area contributed by atoms with Crippen molar-refractivity contribution in [1.82, 2.24) is 0 Å². The van der Waals surface area contributed by atoms with E-state index in [2.05, 4.69) is 41.7 Å². The molecule has 0 aliphatic heterocycles. The average molecular weight is 302 g/mol. The highest BCUT2D eigenvalue weighted by Crippen LogP contribution is 2.23. The van der Waals surface area contributed by atoms with E-state index in [9.17, 15) is 0 Å². The van der Waals surface area contributed by atoms with Crippen molar-refractivity contribution in [3.05, 3.63) is 35.9 Å². The molecule has 0 fully saturated rings. The van der Waals surface area contributed by atoms with Crippen LogP contribution in [-0.2, 0) is 0 Å². The molecular formula is C12H15IO. The number of para-hydroxylation sites is 1. The normalized spacial score (nSPS) is 13.1. The SMILES string of the molecule is CC=Cc1ccccc1OC(I)CC. The molecule has 0 radical (unpaired) electrons. The molecule has 0 saturated heterocycles. The minimum atomic E-state index is 0.249. The molecule has 0 saturated carbocycles. The Morgan fingerprint density at radius 1 is 1.43 bits per heavy atom. The van der Waals surface area contributed by atoms with Gasteiger partial charge < -0.3 is 4.74 Å². The number of ether oxygens (including phenoxy) is 1. The monoisotopic (exact) mass is 302 g/mol. The van der Waals surface area contributed by atoms with Gasteiger partial charge in [0.25, 0.3) is 0 Å². The molecule has 0 heterocycles. The van der Waals surface area contributed by atoms with E-state index in [0.717, 1.165) is 17.7 Å². The van der Waals surface area contributed by atoms with Crippen molar-refractivity contribution in [2.75, 3.05) is 0 Å². The van der Waals surface area contributed by atoms with Crippen molar-refractivity contribution in [2.24, 2.45) is 0 Å². The Bertz CT molecular complexity index is 307. The fourth-order valence-corrected chi connectivity index (χ4v) is 1.40. The molecule has 0 spiro atoms. The third-order valence-corrected chi connectivity index (χ3v) is 2.98. The highest BCUT2D eigenvalue weighted by molar-refractivity contribution is 14.1. The van der Waals surface area contributed by atoms with Crippen LogP contribution < -0.4 is 4.74 Å². The maximum atomic E-state index is 5.78. The summed E-state index contributed by atoms with van der Waals surface area (Å²) in [6, 6.07) is 8.10. The fraction of sp³-hybridized carbons (Fsp3) is 0.333. The van der Waals surface area contributed by atoms with Gasteiger partial charge in [0.15, 0.2) is 0 Å². The van der Waals surface area contributed by atoms with Gasteiger partial charge in [-0.15, -0.1) is 0 Å². The van der Waals surface area contributed by atoms with Gasteiger partial charge in [-0.3, -0.25) is 0 Å². The quantitative estimate of drug-likeness (QED) is 0.596. The molecule has 0 amide bonds. The van der Waals surface area contributed by atoms with Gasteiger partial charge in [-0.05, 0) is 42.0 Å².